The molecule has 0 saturated carbocycles. The van der Waals surface area contributed by atoms with Crippen LogP contribution in [0.2, 0.25) is 0 Å². The summed E-state index contributed by atoms with van der Waals surface area (Å²) < 4.78 is 11.7. The Hall–Kier alpha value is -3.22. The van der Waals surface area contributed by atoms with Crippen LogP contribution in [-0.4, -0.2) is 68.6 Å². The number of likely N-dealkylation sites (tertiary alicyclic amines) is 1. The van der Waals surface area contributed by atoms with Crippen LogP contribution in [-0.2, 0) is 11.3 Å². The molecule has 0 bridgehead atoms. The van der Waals surface area contributed by atoms with Crippen molar-refractivity contribution in [2.24, 2.45) is 4.99 Å². The molecule has 7 heteroatoms. The first-order valence-corrected chi connectivity index (χ1v) is 10.6. The second-order valence-corrected chi connectivity index (χ2v) is 7.74. The lowest BCUT2D eigenvalue weighted by Gasteiger charge is -2.34. The molecule has 1 amide bonds. The van der Waals surface area contributed by atoms with Crippen molar-refractivity contribution in [2.75, 3.05) is 40.8 Å². The fourth-order valence-electron chi connectivity index (χ4n) is 3.41. The number of nitrogens with zero attached hydrogens (tertiary/aromatic N) is 3. The summed E-state index contributed by atoms with van der Waals surface area (Å²) in [5, 5.41) is 3.43. The minimum atomic E-state index is -0.0661. The minimum Gasteiger partial charge on any atom is -0.490 e. The molecule has 3 rings (SSSR count). The summed E-state index contributed by atoms with van der Waals surface area (Å²) in [5.74, 6) is 2.43. The summed E-state index contributed by atoms with van der Waals surface area (Å²) in [5.41, 5.74) is 1.07. The van der Waals surface area contributed by atoms with E-state index in [1.165, 1.54) is 4.90 Å². The Labute approximate surface area is 184 Å². The number of guanidine groups is 1. The van der Waals surface area contributed by atoms with Gasteiger partial charge in [0.05, 0.1) is 0 Å². The average Bonchev–Trinajstić information content (AvgIpc) is 2.80. The first kappa shape index (κ1) is 22.5. The number of hydrogen-bond acceptors (Lipinski definition) is 4. The van der Waals surface area contributed by atoms with Gasteiger partial charge in [-0.15, -0.1) is 0 Å². The van der Waals surface area contributed by atoms with E-state index < -0.39 is 0 Å². The van der Waals surface area contributed by atoms with Crippen molar-refractivity contribution in [1.29, 1.82) is 0 Å². The summed E-state index contributed by atoms with van der Waals surface area (Å²) >= 11 is 0. The van der Waals surface area contributed by atoms with Crippen molar-refractivity contribution in [3.63, 3.8) is 0 Å². The van der Waals surface area contributed by atoms with Crippen molar-refractivity contribution < 1.29 is 14.3 Å². The Kier molecular flexibility index (Phi) is 8.15. The largest absolute Gasteiger partial charge is 0.490 e. The number of rotatable bonds is 7. The molecule has 2 aromatic carbocycles. The third-order valence-corrected chi connectivity index (χ3v) is 5.21. The van der Waals surface area contributed by atoms with Crippen molar-refractivity contribution in [1.82, 2.24) is 15.1 Å². The molecule has 2 aromatic rings. The molecule has 1 N–H and O–H groups in total. The van der Waals surface area contributed by atoms with Crippen molar-refractivity contribution in [3.8, 4) is 11.5 Å². The fraction of sp³-hybridized carbons (Fsp3) is 0.417. The van der Waals surface area contributed by atoms with Gasteiger partial charge in [0.25, 0.3) is 5.91 Å². The minimum absolute atomic E-state index is 0.0333. The lowest BCUT2D eigenvalue weighted by molar-refractivity contribution is -0.130. The van der Waals surface area contributed by atoms with Crippen LogP contribution in [0, 0.1) is 0 Å². The predicted molar refractivity (Wildman–Crippen MR) is 122 cm³/mol. The number of piperidine rings is 1. The quantitative estimate of drug-likeness (QED) is 0.547. The first-order chi connectivity index (χ1) is 15.0. The Morgan fingerprint density at radius 1 is 1.10 bits per heavy atom. The van der Waals surface area contributed by atoms with E-state index in [1.54, 1.807) is 21.1 Å². The van der Waals surface area contributed by atoms with Crippen LogP contribution in [0.15, 0.2) is 59.6 Å². The number of amides is 1. The number of benzene rings is 2. The highest BCUT2D eigenvalue weighted by molar-refractivity contribution is 5.80. The summed E-state index contributed by atoms with van der Waals surface area (Å²) in [7, 11) is 5.24. The third kappa shape index (κ3) is 6.91. The topological polar surface area (TPSA) is 66.4 Å². The third-order valence-electron chi connectivity index (χ3n) is 5.21. The van der Waals surface area contributed by atoms with Crippen LogP contribution in [0.1, 0.15) is 18.4 Å². The van der Waals surface area contributed by atoms with Gasteiger partial charge >= 0.3 is 0 Å². The summed E-state index contributed by atoms with van der Waals surface area (Å²) in [6.07, 6.45) is 2.15. The molecule has 1 aliphatic heterocycles. The molecule has 0 atom stereocenters. The highest BCUT2D eigenvalue weighted by Crippen LogP contribution is 2.19. The number of ether oxygens (including phenoxy) is 2. The SMILES string of the molecule is CN=C(NCc1cccc(OCC(=O)N(C)C)c1)N1CCC(Oc2ccccc2)CC1. The van der Waals surface area contributed by atoms with Crippen molar-refractivity contribution >= 4 is 11.9 Å². The molecule has 0 spiro atoms. The van der Waals surface area contributed by atoms with E-state index >= 15 is 0 Å². The second-order valence-electron chi connectivity index (χ2n) is 7.74. The van der Waals surface area contributed by atoms with Crippen LogP contribution in [0.4, 0.5) is 0 Å². The van der Waals surface area contributed by atoms with Gasteiger partial charge in [-0.2, -0.15) is 0 Å². The first-order valence-electron chi connectivity index (χ1n) is 10.6. The Balaban J connectivity index is 1.46. The molecule has 1 heterocycles. The maximum absolute atomic E-state index is 11.7. The lowest BCUT2D eigenvalue weighted by atomic mass is 10.1. The van der Waals surface area contributed by atoms with Gasteiger partial charge in [0.2, 0.25) is 0 Å². The molecule has 1 saturated heterocycles. The van der Waals surface area contributed by atoms with Gasteiger partial charge in [-0.25, -0.2) is 0 Å². The zero-order chi connectivity index (χ0) is 22.1. The molecule has 1 fully saturated rings. The Bertz CT molecular complexity index is 862. The van der Waals surface area contributed by atoms with Crippen LogP contribution < -0.4 is 14.8 Å². The summed E-state index contributed by atoms with van der Waals surface area (Å²) in [6.45, 7) is 2.46. The van der Waals surface area contributed by atoms with E-state index in [0.29, 0.717) is 12.3 Å². The van der Waals surface area contributed by atoms with Crippen LogP contribution >= 0.6 is 0 Å². The molecule has 0 unspecified atom stereocenters. The summed E-state index contributed by atoms with van der Waals surface area (Å²) in [4.78, 5) is 19.9. The average molecular weight is 425 g/mol. The molecule has 0 aliphatic carbocycles. The van der Waals surface area contributed by atoms with Gasteiger partial charge in [-0.05, 0) is 29.8 Å². The number of carbonyl (C=O) groups excluding carboxylic acids is 1. The highest BCUT2D eigenvalue weighted by Gasteiger charge is 2.22. The lowest BCUT2D eigenvalue weighted by Crippen LogP contribution is -2.47. The van der Waals surface area contributed by atoms with Crippen LogP contribution in [0.3, 0.4) is 0 Å². The predicted octanol–water partition coefficient (Wildman–Crippen LogP) is 2.77. The number of para-hydroxylation sites is 1. The second kappa shape index (κ2) is 11.2. The maximum atomic E-state index is 11.7. The molecule has 31 heavy (non-hydrogen) atoms. The Morgan fingerprint density at radius 2 is 1.81 bits per heavy atom. The zero-order valence-corrected chi connectivity index (χ0v) is 18.6. The number of likely N-dealkylation sites (N-methyl/N-ethyl adjacent to an activating group) is 1. The van der Waals surface area contributed by atoms with E-state index in [2.05, 4.69) is 15.2 Å². The van der Waals surface area contributed by atoms with E-state index in [-0.39, 0.29) is 18.6 Å². The number of carbonyl (C=O) groups is 1. The molecular weight excluding hydrogens is 392 g/mol. The van der Waals surface area contributed by atoms with Crippen LogP contribution in [0.5, 0.6) is 11.5 Å². The number of nitrogens with one attached hydrogen (secondary N) is 1. The van der Waals surface area contributed by atoms with Gasteiger partial charge in [0.15, 0.2) is 12.6 Å². The fourth-order valence-corrected chi connectivity index (χ4v) is 3.41. The van der Waals surface area contributed by atoms with E-state index in [9.17, 15) is 4.79 Å². The standard InChI is InChI=1S/C24H32N4O3/c1-25-24(28-14-12-21(13-15-28)31-20-9-5-4-6-10-20)26-17-19-8-7-11-22(16-19)30-18-23(29)27(2)3/h4-11,16,21H,12-15,17-18H2,1-3H3,(H,25,26). The Morgan fingerprint density at radius 3 is 2.48 bits per heavy atom. The smallest absolute Gasteiger partial charge is 0.259 e. The molecule has 7 nitrogen and oxygen atoms in total. The van der Waals surface area contributed by atoms with E-state index in [0.717, 1.165) is 43.2 Å². The molecular formula is C24H32N4O3. The van der Waals surface area contributed by atoms with Gasteiger partial charge < -0.3 is 24.6 Å². The van der Waals surface area contributed by atoms with Crippen LogP contribution in [0.25, 0.3) is 0 Å². The maximum Gasteiger partial charge on any atom is 0.259 e. The van der Waals surface area contributed by atoms with E-state index in [1.807, 2.05) is 54.6 Å². The van der Waals surface area contributed by atoms with Gasteiger partial charge in [0, 0.05) is 53.6 Å². The van der Waals surface area contributed by atoms with Crippen molar-refractivity contribution in [2.45, 2.75) is 25.5 Å². The van der Waals surface area contributed by atoms with E-state index in [4.69, 9.17) is 9.47 Å². The van der Waals surface area contributed by atoms with Gasteiger partial charge in [-0.3, -0.25) is 9.79 Å². The molecule has 0 radical (unpaired) electrons. The number of aliphatic imine (C=N–C) groups is 1. The van der Waals surface area contributed by atoms with Crippen molar-refractivity contribution in [3.05, 3.63) is 60.2 Å². The van der Waals surface area contributed by atoms with Gasteiger partial charge in [-0.1, -0.05) is 30.3 Å². The summed E-state index contributed by atoms with van der Waals surface area (Å²) in [6, 6.07) is 17.8. The molecule has 1 aliphatic rings. The molecule has 166 valence electrons. The zero-order valence-electron chi connectivity index (χ0n) is 18.6. The number of hydrogen-bond donors (Lipinski definition) is 1. The highest BCUT2D eigenvalue weighted by atomic mass is 16.5. The normalized spacial score (nSPS) is 14.8. The van der Waals surface area contributed by atoms with Gasteiger partial charge in [0.1, 0.15) is 17.6 Å². The monoisotopic (exact) mass is 424 g/mol. The molecule has 0 aromatic heterocycles.